The number of hydrogen-bond donors (Lipinski definition) is 1. The maximum absolute atomic E-state index is 14.5. The van der Waals surface area contributed by atoms with Crippen LogP contribution in [0.2, 0.25) is 0 Å². The number of piperidine rings is 2. The zero-order valence-electron chi connectivity index (χ0n) is 26.3. The van der Waals surface area contributed by atoms with E-state index in [1.54, 1.807) is 23.5 Å². The van der Waals surface area contributed by atoms with Crippen LogP contribution in [-0.4, -0.2) is 88.5 Å². The van der Waals surface area contributed by atoms with Crippen LogP contribution in [0, 0.1) is 23.6 Å². The van der Waals surface area contributed by atoms with Gasteiger partial charge in [0.25, 0.3) is 5.91 Å². The monoisotopic (exact) mass is 603 g/mol. The van der Waals surface area contributed by atoms with Gasteiger partial charge < -0.3 is 24.9 Å². The predicted molar refractivity (Wildman–Crippen MR) is 168 cm³/mol. The fourth-order valence-electron chi connectivity index (χ4n) is 8.48. The number of amides is 2. The molecule has 2 amide bonds. The minimum Gasteiger partial charge on any atom is -0.348 e. The number of benzene rings is 1. The molecule has 2 bridgehead atoms. The van der Waals surface area contributed by atoms with E-state index >= 15 is 0 Å². The highest BCUT2D eigenvalue weighted by atomic mass is 19.1. The molecule has 0 radical (unpaired) electrons. The number of hydrogen-bond acceptors (Lipinski definition) is 7. The smallest absolute Gasteiger partial charge is 0.256 e. The molecule has 2 unspecified atom stereocenters. The van der Waals surface area contributed by atoms with Crippen LogP contribution in [0.25, 0.3) is 0 Å². The third-order valence-corrected chi connectivity index (χ3v) is 10.9. The molecule has 1 aromatic carbocycles. The number of anilines is 3. The van der Waals surface area contributed by atoms with E-state index in [1.165, 1.54) is 50.7 Å². The molecule has 8 rings (SSSR count). The van der Waals surface area contributed by atoms with E-state index in [1.807, 2.05) is 25.7 Å². The normalized spacial score (nSPS) is 28.0. The summed E-state index contributed by atoms with van der Waals surface area (Å²) < 4.78 is 14.5. The van der Waals surface area contributed by atoms with E-state index in [0.717, 1.165) is 36.3 Å². The summed E-state index contributed by atoms with van der Waals surface area (Å²) in [4.78, 5) is 44.7. The lowest BCUT2D eigenvalue weighted by atomic mass is 9.68. The van der Waals surface area contributed by atoms with Crippen LogP contribution in [0.3, 0.4) is 0 Å². The van der Waals surface area contributed by atoms with Gasteiger partial charge in [0.1, 0.15) is 17.8 Å². The highest BCUT2D eigenvalue weighted by Crippen LogP contribution is 2.45. The molecule has 2 aromatic rings. The van der Waals surface area contributed by atoms with Gasteiger partial charge in [0, 0.05) is 50.8 Å². The third-order valence-electron chi connectivity index (χ3n) is 10.9. The number of likely N-dealkylation sites (tertiary alicyclic amines) is 1. The van der Waals surface area contributed by atoms with Crippen molar-refractivity contribution in [2.24, 2.45) is 17.8 Å². The van der Waals surface area contributed by atoms with Gasteiger partial charge in [-0.2, -0.15) is 0 Å². The van der Waals surface area contributed by atoms with Crippen molar-refractivity contribution in [3.8, 4) is 0 Å². The summed E-state index contributed by atoms with van der Waals surface area (Å²) in [5.74, 6) is 2.58. The SMILES string of the molecule is CCN(C(=O)c1cc(F)ccc1N1CCN(C2CCN(C(=O)[C@H]3NC4CC[C@@H]3C[C@H]4CC3CC3)C2)c2ncncc21)C(C)C. The molecule has 0 spiro atoms. The van der Waals surface area contributed by atoms with Crippen LogP contribution in [0.15, 0.2) is 30.7 Å². The first-order chi connectivity index (χ1) is 21.3. The summed E-state index contributed by atoms with van der Waals surface area (Å²) >= 11 is 0. The average molecular weight is 604 g/mol. The number of rotatable bonds is 8. The zero-order chi connectivity index (χ0) is 30.5. The van der Waals surface area contributed by atoms with Gasteiger partial charge in [0.05, 0.1) is 23.5 Å². The summed E-state index contributed by atoms with van der Waals surface area (Å²) in [5.41, 5.74) is 1.80. The molecule has 10 heteroatoms. The second-order valence-electron chi connectivity index (χ2n) is 13.9. The van der Waals surface area contributed by atoms with Gasteiger partial charge in [-0.1, -0.05) is 12.8 Å². The molecule has 1 N–H and O–H groups in total. The molecule has 6 aliphatic rings. The maximum Gasteiger partial charge on any atom is 0.256 e. The van der Waals surface area contributed by atoms with Crippen LogP contribution in [0.4, 0.5) is 21.6 Å². The molecule has 3 saturated heterocycles. The largest absolute Gasteiger partial charge is 0.348 e. The van der Waals surface area contributed by atoms with Crippen molar-refractivity contribution in [3.05, 3.63) is 42.1 Å². The second-order valence-corrected chi connectivity index (χ2v) is 13.9. The topological polar surface area (TPSA) is 84.9 Å². The standard InChI is InChI=1S/C34H46FN7O2/c1-4-40(21(2)3)33(43)27-17-25(35)8-10-29(27)42-14-13-41(32-30(42)18-36-20-37-32)26-11-12-39(19-26)34(44)31-23-7-9-28(38-31)24(16-23)15-22-5-6-22/h8,10,17-18,20-24,26,28,31,38H,4-7,9,11-16,19H2,1-3H3/t23-,24-,26?,28?,31+/m1/s1. The molecule has 2 saturated carbocycles. The van der Waals surface area contributed by atoms with Crippen molar-refractivity contribution in [3.63, 3.8) is 0 Å². The number of nitrogens with one attached hydrogen (secondary N) is 1. The van der Waals surface area contributed by atoms with Crippen LogP contribution in [-0.2, 0) is 4.79 Å². The van der Waals surface area contributed by atoms with E-state index in [0.29, 0.717) is 49.4 Å². The molecular formula is C34H46FN7O2. The number of fused-ring (bicyclic) bond motifs is 4. The van der Waals surface area contributed by atoms with E-state index in [9.17, 15) is 14.0 Å². The summed E-state index contributed by atoms with van der Waals surface area (Å²) in [6, 6.07) is 5.05. The van der Waals surface area contributed by atoms with Crippen molar-refractivity contribution >= 4 is 29.0 Å². The minimum absolute atomic E-state index is 0.00717. The number of halogens is 1. The quantitative estimate of drug-likeness (QED) is 0.472. The Morgan fingerprint density at radius 3 is 2.66 bits per heavy atom. The Hall–Kier alpha value is -3.27. The number of nitrogens with zero attached hydrogens (tertiary/aromatic N) is 6. The van der Waals surface area contributed by atoms with Gasteiger partial charge in [-0.05, 0) is 88.8 Å². The molecule has 236 valence electrons. The molecular weight excluding hydrogens is 557 g/mol. The molecule has 5 fully saturated rings. The minimum atomic E-state index is -0.435. The van der Waals surface area contributed by atoms with Crippen LogP contribution in [0.5, 0.6) is 0 Å². The average Bonchev–Trinajstić information content (AvgIpc) is 3.72. The Morgan fingerprint density at radius 2 is 1.93 bits per heavy atom. The molecule has 1 aromatic heterocycles. The molecule has 44 heavy (non-hydrogen) atoms. The highest BCUT2D eigenvalue weighted by molar-refractivity contribution is 6.01. The van der Waals surface area contributed by atoms with Crippen LogP contribution < -0.4 is 15.1 Å². The van der Waals surface area contributed by atoms with Gasteiger partial charge in [-0.3, -0.25) is 9.59 Å². The van der Waals surface area contributed by atoms with Gasteiger partial charge in [-0.25, -0.2) is 14.4 Å². The predicted octanol–water partition coefficient (Wildman–Crippen LogP) is 4.60. The highest BCUT2D eigenvalue weighted by Gasteiger charge is 2.47. The van der Waals surface area contributed by atoms with Gasteiger partial charge >= 0.3 is 0 Å². The van der Waals surface area contributed by atoms with Crippen molar-refractivity contribution in [2.75, 3.05) is 42.5 Å². The maximum atomic E-state index is 14.5. The van der Waals surface area contributed by atoms with Crippen molar-refractivity contribution in [1.29, 1.82) is 0 Å². The first kappa shape index (κ1) is 29.4. The van der Waals surface area contributed by atoms with Crippen molar-refractivity contribution in [2.45, 2.75) is 89.9 Å². The summed E-state index contributed by atoms with van der Waals surface area (Å²) in [5, 5.41) is 3.79. The Balaban J connectivity index is 1.08. The van der Waals surface area contributed by atoms with Crippen molar-refractivity contribution < 1.29 is 14.0 Å². The summed E-state index contributed by atoms with van der Waals surface area (Å²) in [7, 11) is 0. The fraction of sp³-hybridized carbons (Fsp3) is 0.647. The van der Waals surface area contributed by atoms with E-state index in [-0.39, 0.29) is 29.9 Å². The number of aromatic nitrogens is 2. The van der Waals surface area contributed by atoms with Gasteiger partial charge in [0.15, 0.2) is 5.82 Å². The first-order valence-electron chi connectivity index (χ1n) is 16.8. The third kappa shape index (κ3) is 5.43. The van der Waals surface area contributed by atoms with E-state index in [4.69, 9.17) is 4.98 Å². The summed E-state index contributed by atoms with van der Waals surface area (Å²) in [6.07, 6.45) is 11.9. The molecule has 2 aliphatic carbocycles. The van der Waals surface area contributed by atoms with E-state index < -0.39 is 5.82 Å². The number of carbonyl (C=O) groups excluding carboxylic acids is 2. The lowest BCUT2D eigenvalue weighted by Crippen LogP contribution is -2.62. The zero-order valence-corrected chi connectivity index (χ0v) is 26.3. The van der Waals surface area contributed by atoms with Crippen molar-refractivity contribution in [1.82, 2.24) is 25.1 Å². The van der Waals surface area contributed by atoms with E-state index in [2.05, 4.69) is 20.1 Å². The lowest BCUT2D eigenvalue weighted by Gasteiger charge is -2.48. The van der Waals surface area contributed by atoms with Gasteiger partial charge in [-0.15, -0.1) is 0 Å². The fourth-order valence-corrected chi connectivity index (χ4v) is 8.48. The molecule has 4 aliphatic heterocycles. The lowest BCUT2D eigenvalue weighted by molar-refractivity contribution is -0.137. The van der Waals surface area contributed by atoms with Crippen LogP contribution >= 0.6 is 0 Å². The summed E-state index contributed by atoms with van der Waals surface area (Å²) in [6.45, 7) is 9.13. The molecule has 5 atom stereocenters. The molecule has 9 nitrogen and oxygen atoms in total. The van der Waals surface area contributed by atoms with Gasteiger partial charge in [0.2, 0.25) is 5.91 Å². The Kier molecular flexibility index (Phi) is 7.97. The van der Waals surface area contributed by atoms with Crippen LogP contribution in [0.1, 0.15) is 76.1 Å². The molecule has 5 heterocycles. The Morgan fingerprint density at radius 1 is 1.09 bits per heavy atom. The Bertz CT molecular complexity index is 1400. The first-order valence-corrected chi connectivity index (χ1v) is 16.8. The Labute approximate surface area is 260 Å². The second kappa shape index (κ2) is 11.9. The number of carbonyl (C=O) groups is 2.